The molecule has 2 aromatic carbocycles. The molecule has 3 aromatic rings. The minimum absolute atomic E-state index is 0.0786. The molecule has 1 aliphatic rings. The first-order chi connectivity index (χ1) is 14.1. The summed E-state index contributed by atoms with van der Waals surface area (Å²) in [5.41, 5.74) is 1.97. The van der Waals surface area contributed by atoms with Gasteiger partial charge in [-0.2, -0.15) is 4.68 Å². The maximum atomic E-state index is 12.5. The molecule has 29 heavy (non-hydrogen) atoms. The standard InChI is InChI=1S/C21H20N4O4/c1-2-14-7-3-6-10-18(14)24-12-15(11-19(24)26)21(28)29-13-25-20(27)16-8-4-5-9-17(16)22-23-25/h3-10,15H,2,11-13H2,1H3/t15-/m0/s1. The minimum atomic E-state index is -0.587. The van der Waals surface area contributed by atoms with Gasteiger partial charge in [0, 0.05) is 18.7 Å². The van der Waals surface area contributed by atoms with Crippen LogP contribution in [-0.2, 0) is 27.5 Å². The van der Waals surface area contributed by atoms with E-state index in [0.29, 0.717) is 10.9 Å². The number of fused-ring (bicyclic) bond motifs is 1. The Labute approximate surface area is 166 Å². The number of aromatic nitrogens is 3. The van der Waals surface area contributed by atoms with Crippen LogP contribution in [0.5, 0.6) is 0 Å². The topological polar surface area (TPSA) is 94.4 Å². The largest absolute Gasteiger partial charge is 0.442 e. The fourth-order valence-electron chi connectivity index (χ4n) is 3.52. The third-order valence-electron chi connectivity index (χ3n) is 5.08. The van der Waals surface area contributed by atoms with Crippen LogP contribution in [-0.4, -0.2) is 33.4 Å². The number of nitrogens with zero attached hydrogens (tertiary/aromatic N) is 4. The number of aryl methyl sites for hydroxylation is 1. The van der Waals surface area contributed by atoms with E-state index in [1.807, 2.05) is 31.2 Å². The molecule has 0 radical (unpaired) electrons. The summed E-state index contributed by atoms with van der Waals surface area (Å²) in [4.78, 5) is 39.0. The van der Waals surface area contributed by atoms with Crippen LogP contribution in [0.25, 0.3) is 10.9 Å². The Morgan fingerprint density at radius 3 is 2.72 bits per heavy atom. The summed E-state index contributed by atoms with van der Waals surface area (Å²) in [5.74, 6) is -1.23. The highest BCUT2D eigenvalue weighted by Crippen LogP contribution is 2.29. The van der Waals surface area contributed by atoms with E-state index in [-0.39, 0.29) is 31.2 Å². The Hall–Kier alpha value is -3.55. The van der Waals surface area contributed by atoms with Crippen molar-refractivity contribution in [1.29, 1.82) is 0 Å². The predicted octanol–water partition coefficient (Wildman–Crippen LogP) is 1.91. The van der Waals surface area contributed by atoms with Crippen LogP contribution in [0.1, 0.15) is 18.9 Å². The minimum Gasteiger partial charge on any atom is -0.442 e. The van der Waals surface area contributed by atoms with Gasteiger partial charge in [-0.15, -0.1) is 5.10 Å². The molecule has 1 aromatic heterocycles. The molecule has 148 valence electrons. The van der Waals surface area contributed by atoms with Crippen molar-refractivity contribution in [2.75, 3.05) is 11.4 Å². The average molecular weight is 392 g/mol. The van der Waals surface area contributed by atoms with Crippen molar-refractivity contribution in [2.45, 2.75) is 26.5 Å². The average Bonchev–Trinajstić information content (AvgIpc) is 3.14. The number of carbonyl (C=O) groups is 2. The lowest BCUT2D eigenvalue weighted by molar-refractivity contribution is -0.152. The molecule has 1 amide bonds. The third-order valence-corrected chi connectivity index (χ3v) is 5.08. The summed E-state index contributed by atoms with van der Waals surface area (Å²) in [6.07, 6.45) is 0.869. The molecule has 0 saturated carbocycles. The van der Waals surface area contributed by atoms with Crippen LogP contribution in [0.4, 0.5) is 5.69 Å². The van der Waals surface area contributed by atoms with Crippen LogP contribution < -0.4 is 10.5 Å². The van der Waals surface area contributed by atoms with Crippen LogP contribution in [0.15, 0.2) is 53.3 Å². The summed E-state index contributed by atoms with van der Waals surface area (Å²) < 4.78 is 6.27. The summed E-state index contributed by atoms with van der Waals surface area (Å²) >= 11 is 0. The maximum absolute atomic E-state index is 12.5. The fourth-order valence-corrected chi connectivity index (χ4v) is 3.52. The molecule has 1 fully saturated rings. The summed E-state index contributed by atoms with van der Waals surface area (Å²) in [7, 11) is 0. The lowest BCUT2D eigenvalue weighted by atomic mass is 10.1. The van der Waals surface area contributed by atoms with Gasteiger partial charge in [-0.1, -0.05) is 42.5 Å². The van der Waals surface area contributed by atoms with Crippen molar-refractivity contribution in [3.63, 3.8) is 0 Å². The molecule has 1 atom stereocenters. The molecule has 4 rings (SSSR count). The third kappa shape index (κ3) is 3.61. The molecule has 1 saturated heterocycles. The van der Waals surface area contributed by atoms with E-state index in [0.717, 1.165) is 22.4 Å². The van der Waals surface area contributed by atoms with Crippen molar-refractivity contribution >= 4 is 28.5 Å². The van der Waals surface area contributed by atoms with Gasteiger partial charge in [0.25, 0.3) is 5.56 Å². The first-order valence-electron chi connectivity index (χ1n) is 9.46. The molecular weight excluding hydrogens is 372 g/mol. The highest BCUT2D eigenvalue weighted by atomic mass is 16.5. The number of amides is 1. The maximum Gasteiger partial charge on any atom is 0.313 e. The number of para-hydroxylation sites is 1. The van der Waals surface area contributed by atoms with E-state index in [4.69, 9.17) is 4.74 Å². The second-order valence-electron chi connectivity index (χ2n) is 6.89. The van der Waals surface area contributed by atoms with Crippen molar-refractivity contribution in [3.05, 3.63) is 64.4 Å². The number of anilines is 1. The van der Waals surface area contributed by atoms with Gasteiger partial charge < -0.3 is 9.64 Å². The number of carbonyl (C=O) groups excluding carboxylic acids is 2. The number of benzene rings is 2. The van der Waals surface area contributed by atoms with E-state index >= 15 is 0 Å². The highest BCUT2D eigenvalue weighted by Gasteiger charge is 2.36. The van der Waals surface area contributed by atoms with Crippen molar-refractivity contribution in [1.82, 2.24) is 15.0 Å². The lowest BCUT2D eigenvalue weighted by Gasteiger charge is -2.19. The van der Waals surface area contributed by atoms with E-state index in [1.165, 1.54) is 0 Å². The zero-order valence-electron chi connectivity index (χ0n) is 15.9. The molecule has 0 unspecified atom stereocenters. The normalized spacial score (nSPS) is 16.4. The summed E-state index contributed by atoms with van der Waals surface area (Å²) in [6.45, 7) is 1.94. The molecule has 0 bridgehead atoms. The first kappa shape index (κ1) is 18.8. The SMILES string of the molecule is CCc1ccccc1N1C[C@@H](C(=O)OCn2nnc3ccccc3c2=O)CC1=O. The lowest BCUT2D eigenvalue weighted by Crippen LogP contribution is -2.30. The molecule has 1 aliphatic heterocycles. The van der Waals surface area contributed by atoms with Crippen molar-refractivity contribution in [2.24, 2.45) is 5.92 Å². The quantitative estimate of drug-likeness (QED) is 0.616. The van der Waals surface area contributed by atoms with Gasteiger partial charge in [0.1, 0.15) is 5.52 Å². The Kier molecular flexibility index (Phi) is 5.07. The molecule has 8 heteroatoms. The number of hydrogen-bond acceptors (Lipinski definition) is 6. The van der Waals surface area contributed by atoms with E-state index < -0.39 is 11.9 Å². The Bertz CT molecular complexity index is 1140. The van der Waals surface area contributed by atoms with Gasteiger partial charge in [-0.25, -0.2) is 0 Å². The highest BCUT2D eigenvalue weighted by molar-refractivity contribution is 6.00. The van der Waals surface area contributed by atoms with Crippen LogP contribution in [0.3, 0.4) is 0 Å². The predicted molar refractivity (Wildman–Crippen MR) is 106 cm³/mol. The number of ether oxygens (including phenoxy) is 1. The zero-order valence-corrected chi connectivity index (χ0v) is 15.9. The molecule has 0 N–H and O–H groups in total. The Morgan fingerprint density at radius 2 is 1.90 bits per heavy atom. The molecule has 8 nitrogen and oxygen atoms in total. The van der Waals surface area contributed by atoms with Gasteiger partial charge in [0.15, 0.2) is 6.73 Å². The summed E-state index contributed by atoms with van der Waals surface area (Å²) in [6, 6.07) is 14.5. The second-order valence-corrected chi connectivity index (χ2v) is 6.89. The van der Waals surface area contributed by atoms with E-state index in [1.54, 1.807) is 29.2 Å². The fraction of sp³-hybridized carbons (Fsp3) is 0.286. The van der Waals surface area contributed by atoms with Crippen LogP contribution in [0.2, 0.25) is 0 Å². The molecule has 0 aliphatic carbocycles. The van der Waals surface area contributed by atoms with Gasteiger partial charge in [0.05, 0.1) is 11.3 Å². The second kappa shape index (κ2) is 7.83. The summed E-state index contributed by atoms with van der Waals surface area (Å²) in [5, 5.41) is 8.16. The monoisotopic (exact) mass is 392 g/mol. The van der Waals surface area contributed by atoms with Crippen molar-refractivity contribution < 1.29 is 14.3 Å². The van der Waals surface area contributed by atoms with Crippen LogP contribution in [0, 0.1) is 5.92 Å². The van der Waals surface area contributed by atoms with Crippen LogP contribution >= 0.6 is 0 Å². The zero-order chi connectivity index (χ0) is 20.4. The molecule has 0 spiro atoms. The van der Waals surface area contributed by atoms with Gasteiger partial charge >= 0.3 is 5.97 Å². The van der Waals surface area contributed by atoms with Gasteiger partial charge in [0.2, 0.25) is 5.91 Å². The molecule has 2 heterocycles. The smallest absolute Gasteiger partial charge is 0.313 e. The van der Waals surface area contributed by atoms with Gasteiger partial charge in [-0.3, -0.25) is 14.4 Å². The Balaban J connectivity index is 1.45. The first-order valence-corrected chi connectivity index (χ1v) is 9.46. The van der Waals surface area contributed by atoms with Crippen molar-refractivity contribution in [3.8, 4) is 0 Å². The number of hydrogen-bond donors (Lipinski definition) is 0. The van der Waals surface area contributed by atoms with Gasteiger partial charge in [-0.05, 0) is 30.2 Å². The number of esters is 1. The van der Waals surface area contributed by atoms with E-state index in [9.17, 15) is 14.4 Å². The number of rotatable bonds is 5. The molecular formula is C21H20N4O4. The Morgan fingerprint density at radius 1 is 1.14 bits per heavy atom. The van der Waals surface area contributed by atoms with E-state index in [2.05, 4.69) is 10.3 Å².